The Balaban J connectivity index is 1.63. The van der Waals surface area contributed by atoms with E-state index in [1.165, 1.54) is 12.1 Å². The number of aryl methyl sites for hydroxylation is 1. The zero-order valence-corrected chi connectivity index (χ0v) is 21.7. The average Bonchev–Trinajstić information content (AvgIpc) is 3.23. The van der Waals surface area contributed by atoms with E-state index in [0.717, 1.165) is 5.56 Å². The number of guanidine groups is 1. The first-order chi connectivity index (χ1) is 18.2. The topological polar surface area (TPSA) is 131 Å². The lowest BCUT2D eigenvalue weighted by Gasteiger charge is -2.26. The maximum atomic E-state index is 14.6. The number of ether oxygens (including phenoxy) is 1. The molecule has 0 radical (unpaired) electrons. The van der Waals surface area contributed by atoms with Crippen molar-refractivity contribution in [2.45, 2.75) is 26.2 Å². The molecule has 0 bridgehead atoms. The van der Waals surface area contributed by atoms with Gasteiger partial charge in [-0.25, -0.2) is 14.4 Å². The Hall–Kier alpha value is -4.07. The number of hydrogen-bond acceptors (Lipinski definition) is 6. The summed E-state index contributed by atoms with van der Waals surface area (Å²) < 4.78 is 19.8. The molecule has 1 saturated heterocycles. The number of allylic oxidation sites excluding steroid dienone is 1. The smallest absolute Gasteiger partial charge is 0.254 e. The second kappa shape index (κ2) is 11.1. The zero-order chi connectivity index (χ0) is 27.4. The van der Waals surface area contributed by atoms with Gasteiger partial charge in [0.25, 0.3) is 5.91 Å². The normalized spacial score (nSPS) is 19.2. The van der Waals surface area contributed by atoms with Crippen LogP contribution in [0.3, 0.4) is 0 Å². The summed E-state index contributed by atoms with van der Waals surface area (Å²) in [5, 5.41) is 28.8. The fraction of sp³-hybridized carbons (Fsp3) is 0.357. The molecular formula is C28H31FN6O3. The van der Waals surface area contributed by atoms with E-state index >= 15 is 0 Å². The Kier molecular flexibility index (Phi) is 7.90. The fourth-order valence-electron chi connectivity index (χ4n) is 4.41. The van der Waals surface area contributed by atoms with Gasteiger partial charge in [-0.2, -0.15) is 5.26 Å². The Morgan fingerprint density at radius 3 is 2.76 bits per heavy atom. The Bertz CT molecular complexity index is 1380. The largest absolute Gasteiger partial charge is 0.395 e. The van der Waals surface area contributed by atoms with Crippen LogP contribution in [0.4, 0.5) is 15.8 Å². The molecule has 38 heavy (non-hydrogen) atoms. The van der Waals surface area contributed by atoms with Crippen LogP contribution in [0, 0.1) is 30.0 Å². The number of aliphatic hydroxyl groups excluding tert-OH is 1. The number of nitrogens with zero attached hydrogens (tertiary/aromatic N) is 3. The number of halogens is 1. The van der Waals surface area contributed by atoms with Gasteiger partial charge >= 0.3 is 0 Å². The average molecular weight is 519 g/mol. The molecule has 1 fully saturated rings. The molecule has 0 aromatic heterocycles. The van der Waals surface area contributed by atoms with Gasteiger partial charge in [0.15, 0.2) is 0 Å². The van der Waals surface area contributed by atoms with Crippen molar-refractivity contribution in [3.8, 4) is 6.07 Å². The third-order valence-corrected chi connectivity index (χ3v) is 6.92. The summed E-state index contributed by atoms with van der Waals surface area (Å²) in [6.45, 7) is 11.1. The van der Waals surface area contributed by atoms with E-state index < -0.39 is 17.1 Å². The van der Waals surface area contributed by atoms with Gasteiger partial charge in [0, 0.05) is 35.7 Å². The summed E-state index contributed by atoms with van der Waals surface area (Å²) in [6.07, 6.45) is 1.77. The highest BCUT2D eigenvalue weighted by atomic mass is 19.1. The first kappa shape index (κ1) is 27.0. The van der Waals surface area contributed by atoms with Crippen LogP contribution in [0.1, 0.15) is 46.5 Å². The van der Waals surface area contributed by atoms with Crippen LogP contribution in [-0.4, -0.2) is 56.6 Å². The number of nitrogens with one attached hydrogen (secondary N) is 3. The van der Waals surface area contributed by atoms with Crippen LogP contribution in [0.25, 0.3) is 5.70 Å². The van der Waals surface area contributed by atoms with E-state index in [9.17, 15) is 19.6 Å². The molecule has 2 aromatic rings. The Labute approximate surface area is 221 Å². The molecule has 4 rings (SSSR count). The summed E-state index contributed by atoms with van der Waals surface area (Å²) in [6, 6.07) is 8.56. The maximum absolute atomic E-state index is 14.6. The van der Waals surface area contributed by atoms with Crippen molar-refractivity contribution in [3.63, 3.8) is 0 Å². The summed E-state index contributed by atoms with van der Waals surface area (Å²) in [5.74, 6) is -0.774. The van der Waals surface area contributed by atoms with Crippen molar-refractivity contribution in [1.82, 2.24) is 5.32 Å². The highest BCUT2D eigenvalue weighted by Crippen LogP contribution is 2.40. The lowest BCUT2D eigenvalue weighted by Crippen LogP contribution is -2.39. The van der Waals surface area contributed by atoms with Crippen LogP contribution in [0.5, 0.6) is 0 Å². The number of rotatable bonds is 7. The predicted molar refractivity (Wildman–Crippen MR) is 146 cm³/mol. The minimum absolute atomic E-state index is 0.0784. The number of anilines is 2. The molecule has 2 aliphatic heterocycles. The first-order valence-corrected chi connectivity index (χ1v) is 12.3. The van der Waals surface area contributed by atoms with Gasteiger partial charge < -0.3 is 25.8 Å². The van der Waals surface area contributed by atoms with Crippen molar-refractivity contribution < 1.29 is 19.0 Å². The molecule has 2 aromatic carbocycles. The third kappa shape index (κ3) is 5.30. The number of aliphatic hydroxyl groups is 1. The first-order valence-electron chi connectivity index (χ1n) is 12.3. The van der Waals surface area contributed by atoms with Gasteiger partial charge in [0.1, 0.15) is 11.9 Å². The fourth-order valence-corrected chi connectivity index (χ4v) is 4.41. The van der Waals surface area contributed by atoms with Gasteiger partial charge in [-0.1, -0.05) is 13.0 Å². The second-order valence-electron chi connectivity index (χ2n) is 9.78. The molecule has 0 saturated carbocycles. The number of aliphatic imine (C=N–C) groups is 2. The van der Waals surface area contributed by atoms with Crippen LogP contribution in [0.2, 0.25) is 0 Å². The van der Waals surface area contributed by atoms with E-state index in [1.54, 1.807) is 26.0 Å². The lowest BCUT2D eigenvalue weighted by atomic mass is 9.83. The molecule has 1 amide bonds. The number of carbonyl (C=O) groups is 1. The number of amides is 1. The molecule has 0 spiro atoms. The summed E-state index contributed by atoms with van der Waals surface area (Å²) in [7, 11) is 0. The lowest BCUT2D eigenvalue weighted by molar-refractivity contribution is -0.0298. The van der Waals surface area contributed by atoms with E-state index in [1.807, 2.05) is 13.0 Å². The van der Waals surface area contributed by atoms with Gasteiger partial charge in [-0.3, -0.25) is 4.79 Å². The standard InChI is InChI=1S/C28H31FN6O3/c1-5-23(18-7-19(10-30)25-21(8-18)28(3,15-36)14-33-25)34-27(31-4)35-24-9-20(22(29)6-16(24)2)26(37)32-11-17-12-38-13-17/h5-9,17,33,36H,4,11-15H2,1-3H3,(H,32,37)(H,34,35)/b23-5-/t28-/m1/s1. The van der Waals surface area contributed by atoms with E-state index in [4.69, 9.17) is 4.74 Å². The molecule has 2 heterocycles. The van der Waals surface area contributed by atoms with Crippen molar-refractivity contribution in [3.05, 3.63) is 64.0 Å². The number of fused-ring (bicyclic) bond motifs is 1. The molecule has 4 N–H and O–H groups in total. The van der Waals surface area contributed by atoms with Crippen molar-refractivity contribution in [2.24, 2.45) is 15.9 Å². The minimum Gasteiger partial charge on any atom is -0.395 e. The molecule has 10 heteroatoms. The molecule has 0 unspecified atom stereocenters. The van der Waals surface area contributed by atoms with Crippen molar-refractivity contribution in [1.29, 1.82) is 5.26 Å². The highest BCUT2D eigenvalue weighted by Gasteiger charge is 2.36. The molecule has 198 valence electrons. The van der Waals surface area contributed by atoms with E-state index in [0.29, 0.717) is 60.1 Å². The number of carbonyl (C=O) groups excluding carboxylic acids is 1. The van der Waals surface area contributed by atoms with Crippen LogP contribution in [-0.2, 0) is 10.2 Å². The molecule has 0 aliphatic carbocycles. The second-order valence-corrected chi connectivity index (χ2v) is 9.78. The molecule has 1 atom stereocenters. The number of hydrogen-bond donors (Lipinski definition) is 4. The summed E-state index contributed by atoms with van der Waals surface area (Å²) in [5.41, 5.74) is 3.56. The summed E-state index contributed by atoms with van der Waals surface area (Å²) in [4.78, 5) is 21.2. The Morgan fingerprint density at radius 1 is 1.39 bits per heavy atom. The summed E-state index contributed by atoms with van der Waals surface area (Å²) >= 11 is 0. The van der Waals surface area contributed by atoms with Crippen molar-refractivity contribution in [2.75, 3.05) is 43.5 Å². The monoisotopic (exact) mass is 518 g/mol. The quantitative estimate of drug-likeness (QED) is 0.327. The van der Waals surface area contributed by atoms with Crippen LogP contribution in [0.15, 0.2) is 40.3 Å². The Morgan fingerprint density at radius 2 is 2.16 bits per heavy atom. The van der Waals surface area contributed by atoms with Gasteiger partial charge in [-0.05, 0) is 56.0 Å². The van der Waals surface area contributed by atoms with Gasteiger partial charge in [0.05, 0.1) is 42.3 Å². The molecular weight excluding hydrogens is 487 g/mol. The number of benzene rings is 2. The highest BCUT2D eigenvalue weighted by molar-refractivity contribution is 6.02. The predicted octanol–water partition coefficient (Wildman–Crippen LogP) is 3.59. The number of nitriles is 1. The van der Waals surface area contributed by atoms with Crippen LogP contribution < -0.4 is 16.0 Å². The SMILES string of the molecule is C=N/C(=N\C(=C/C)c1cc(C#N)c2c(c1)[C@@](C)(CO)CN2)Nc1cc(C(=O)NCC2COC2)c(F)cc1C. The van der Waals surface area contributed by atoms with E-state index in [2.05, 4.69) is 38.7 Å². The molecule has 9 nitrogen and oxygen atoms in total. The maximum Gasteiger partial charge on any atom is 0.254 e. The minimum atomic E-state index is -0.627. The zero-order valence-electron chi connectivity index (χ0n) is 21.7. The third-order valence-electron chi connectivity index (χ3n) is 6.92. The molecule has 2 aliphatic rings. The van der Waals surface area contributed by atoms with Gasteiger partial charge in [0.2, 0.25) is 5.96 Å². The van der Waals surface area contributed by atoms with Crippen LogP contribution >= 0.6 is 0 Å². The van der Waals surface area contributed by atoms with Gasteiger partial charge in [-0.15, -0.1) is 0 Å². The van der Waals surface area contributed by atoms with Crippen molar-refractivity contribution >= 4 is 35.7 Å². The van der Waals surface area contributed by atoms with E-state index in [-0.39, 0.29) is 24.0 Å².